The summed E-state index contributed by atoms with van der Waals surface area (Å²) in [5.41, 5.74) is 2.05. The summed E-state index contributed by atoms with van der Waals surface area (Å²) >= 11 is 0. The van der Waals surface area contributed by atoms with E-state index in [-0.39, 0.29) is 24.5 Å². The Balaban J connectivity index is 1.84. The monoisotopic (exact) mass is 262 g/mol. The first kappa shape index (κ1) is 14.0. The third-order valence-electron chi connectivity index (χ3n) is 3.41. The second kappa shape index (κ2) is 6.68. The molecular weight excluding hydrogens is 240 g/mol. The molecule has 1 amide bonds. The van der Waals surface area contributed by atoms with Gasteiger partial charge in [-0.15, -0.1) is 0 Å². The van der Waals surface area contributed by atoms with Crippen LogP contribution in [0.2, 0.25) is 0 Å². The first-order valence-corrected chi connectivity index (χ1v) is 6.96. The summed E-state index contributed by atoms with van der Waals surface area (Å²) in [6.07, 6.45) is 2.81. The molecule has 0 spiro atoms. The number of hydrogen-bond acceptors (Lipinski definition) is 3. The Morgan fingerprint density at radius 2 is 2.05 bits per heavy atom. The lowest BCUT2D eigenvalue weighted by Gasteiger charge is -2.14. The Kier molecular flexibility index (Phi) is 4.93. The fraction of sp³-hybridized carbons (Fsp3) is 0.533. The summed E-state index contributed by atoms with van der Waals surface area (Å²) in [7, 11) is 0. The molecule has 1 aromatic carbocycles. The minimum atomic E-state index is 0.141. The quantitative estimate of drug-likeness (QED) is 0.659. The van der Waals surface area contributed by atoms with Gasteiger partial charge in [0.25, 0.3) is 0 Å². The van der Waals surface area contributed by atoms with Crippen molar-refractivity contribution in [3.63, 3.8) is 0 Å². The van der Waals surface area contributed by atoms with Crippen molar-refractivity contribution in [1.82, 2.24) is 5.32 Å². The molecule has 104 valence electrons. The molecule has 2 rings (SSSR count). The van der Waals surface area contributed by atoms with Crippen molar-refractivity contribution in [2.24, 2.45) is 5.92 Å². The number of hydrogen-bond donors (Lipinski definition) is 3. The van der Waals surface area contributed by atoms with E-state index in [1.54, 1.807) is 0 Å². The third-order valence-corrected chi connectivity index (χ3v) is 3.41. The van der Waals surface area contributed by atoms with Crippen LogP contribution in [0.5, 0.6) is 0 Å². The Morgan fingerprint density at radius 3 is 2.63 bits per heavy atom. The SMILES string of the molecule is CC(NCCCO)c1ccc(NC(=O)C2CC2)cc1. The molecule has 3 N–H and O–H groups in total. The number of rotatable bonds is 7. The van der Waals surface area contributed by atoms with Crippen LogP contribution in [0.4, 0.5) is 5.69 Å². The molecule has 0 radical (unpaired) electrons. The Morgan fingerprint density at radius 1 is 1.37 bits per heavy atom. The molecule has 1 fully saturated rings. The lowest BCUT2D eigenvalue weighted by Crippen LogP contribution is -2.20. The zero-order chi connectivity index (χ0) is 13.7. The number of benzene rings is 1. The largest absolute Gasteiger partial charge is 0.396 e. The van der Waals surface area contributed by atoms with Gasteiger partial charge in [-0.1, -0.05) is 12.1 Å². The second-order valence-corrected chi connectivity index (χ2v) is 5.14. The Labute approximate surface area is 114 Å². The van der Waals surface area contributed by atoms with Gasteiger partial charge in [0, 0.05) is 24.3 Å². The third kappa shape index (κ3) is 4.33. The van der Waals surface area contributed by atoms with E-state index < -0.39 is 0 Å². The van der Waals surface area contributed by atoms with Crippen LogP contribution in [0.15, 0.2) is 24.3 Å². The topological polar surface area (TPSA) is 61.4 Å². The van der Waals surface area contributed by atoms with E-state index in [4.69, 9.17) is 5.11 Å². The summed E-state index contributed by atoms with van der Waals surface area (Å²) in [6.45, 7) is 3.11. The van der Waals surface area contributed by atoms with Gasteiger partial charge in [0.05, 0.1) is 0 Å². The lowest BCUT2D eigenvalue weighted by molar-refractivity contribution is -0.117. The fourth-order valence-corrected chi connectivity index (χ4v) is 1.96. The number of amides is 1. The molecule has 4 heteroatoms. The summed E-state index contributed by atoms with van der Waals surface area (Å²) < 4.78 is 0. The van der Waals surface area contributed by atoms with Gasteiger partial charge in [-0.3, -0.25) is 4.79 Å². The maximum atomic E-state index is 11.6. The first-order chi connectivity index (χ1) is 9.20. The fourth-order valence-electron chi connectivity index (χ4n) is 1.96. The maximum absolute atomic E-state index is 11.6. The number of aliphatic hydroxyl groups is 1. The number of carbonyl (C=O) groups excluding carboxylic acids is 1. The average Bonchev–Trinajstić information content (AvgIpc) is 3.24. The van der Waals surface area contributed by atoms with Crippen molar-refractivity contribution in [3.05, 3.63) is 29.8 Å². The van der Waals surface area contributed by atoms with E-state index in [9.17, 15) is 4.79 Å². The predicted molar refractivity (Wildman–Crippen MR) is 75.9 cm³/mol. The molecule has 19 heavy (non-hydrogen) atoms. The van der Waals surface area contributed by atoms with Gasteiger partial charge in [-0.25, -0.2) is 0 Å². The zero-order valence-corrected chi connectivity index (χ0v) is 11.4. The molecule has 1 aliphatic rings. The van der Waals surface area contributed by atoms with Gasteiger partial charge >= 0.3 is 0 Å². The standard InChI is InChI=1S/C15H22N2O2/c1-11(16-9-2-10-18)12-5-7-14(8-6-12)17-15(19)13-3-4-13/h5-8,11,13,16,18H,2-4,9-10H2,1H3,(H,17,19). The maximum Gasteiger partial charge on any atom is 0.227 e. The van der Waals surface area contributed by atoms with Crippen LogP contribution in [-0.4, -0.2) is 24.2 Å². The van der Waals surface area contributed by atoms with Gasteiger partial charge in [-0.05, 0) is 50.4 Å². The van der Waals surface area contributed by atoms with Gasteiger partial charge in [0.2, 0.25) is 5.91 Å². The van der Waals surface area contributed by atoms with Gasteiger partial charge in [-0.2, -0.15) is 0 Å². The van der Waals surface area contributed by atoms with Crippen LogP contribution in [0.3, 0.4) is 0 Å². The summed E-state index contributed by atoms with van der Waals surface area (Å²) in [4.78, 5) is 11.6. The van der Waals surface area contributed by atoms with Crippen LogP contribution in [0.1, 0.15) is 37.8 Å². The van der Waals surface area contributed by atoms with E-state index in [0.717, 1.165) is 31.5 Å². The van der Waals surface area contributed by atoms with Crippen molar-refractivity contribution in [2.45, 2.75) is 32.2 Å². The molecule has 0 bridgehead atoms. The predicted octanol–water partition coefficient (Wildman–Crippen LogP) is 2.07. The molecule has 1 aromatic rings. The Bertz CT molecular complexity index is 413. The molecule has 0 aliphatic heterocycles. The highest BCUT2D eigenvalue weighted by atomic mass is 16.3. The van der Waals surface area contributed by atoms with Crippen molar-refractivity contribution in [2.75, 3.05) is 18.5 Å². The van der Waals surface area contributed by atoms with Crippen molar-refractivity contribution in [1.29, 1.82) is 0 Å². The van der Waals surface area contributed by atoms with Crippen LogP contribution in [0, 0.1) is 5.92 Å². The van der Waals surface area contributed by atoms with E-state index in [0.29, 0.717) is 0 Å². The summed E-state index contributed by atoms with van der Waals surface area (Å²) in [5.74, 6) is 0.376. The second-order valence-electron chi connectivity index (χ2n) is 5.14. The lowest BCUT2D eigenvalue weighted by atomic mass is 10.1. The molecule has 0 heterocycles. The van der Waals surface area contributed by atoms with Gasteiger partial charge in [0.1, 0.15) is 0 Å². The number of carbonyl (C=O) groups is 1. The van der Waals surface area contributed by atoms with Crippen LogP contribution >= 0.6 is 0 Å². The van der Waals surface area contributed by atoms with E-state index in [1.165, 1.54) is 5.56 Å². The molecule has 1 atom stereocenters. The summed E-state index contributed by atoms with van der Waals surface area (Å²) in [6, 6.07) is 8.19. The van der Waals surface area contributed by atoms with Crippen molar-refractivity contribution in [3.8, 4) is 0 Å². The number of aliphatic hydroxyl groups excluding tert-OH is 1. The van der Waals surface area contributed by atoms with Crippen molar-refractivity contribution < 1.29 is 9.90 Å². The minimum absolute atomic E-state index is 0.141. The normalized spacial score (nSPS) is 16.1. The zero-order valence-electron chi connectivity index (χ0n) is 11.4. The smallest absolute Gasteiger partial charge is 0.227 e. The highest BCUT2D eigenvalue weighted by molar-refractivity contribution is 5.93. The van der Waals surface area contributed by atoms with Crippen LogP contribution in [0.25, 0.3) is 0 Å². The number of anilines is 1. The molecule has 1 unspecified atom stereocenters. The average molecular weight is 262 g/mol. The highest BCUT2D eigenvalue weighted by Gasteiger charge is 2.29. The molecule has 0 aromatic heterocycles. The van der Waals surface area contributed by atoms with Crippen LogP contribution in [-0.2, 0) is 4.79 Å². The molecule has 4 nitrogen and oxygen atoms in total. The van der Waals surface area contributed by atoms with Crippen LogP contribution < -0.4 is 10.6 Å². The van der Waals surface area contributed by atoms with Gasteiger partial charge < -0.3 is 15.7 Å². The van der Waals surface area contributed by atoms with Crippen molar-refractivity contribution >= 4 is 11.6 Å². The summed E-state index contributed by atoms with van der Waals surface area (Å²) in [5, 5.41) is 15.0. The van der Waals surface area contributed by atoms with E-state index >= 15 is 0 Å². The Hall–Kier alpha value is -1.39. The molecule has 1 aliphatic carbocycles. The highest BCUT2D eigenvalue weighted by Crippen LogP contribution is 2.30. The minimum Gasteiger partial charge on any atom is -0.396 e. The number of nitrogens with one attached hydrogen (secondary N) is 2. The van der Waals surface area contributed by atoms with E-state index in [1.807, 2.05) is 24.3 Å². The van der Waals surface area contributed by atoms with Gasteiger partial charge in [0.15, 0.2) is 0 Å². The molecule has 1 saturated carbocycles. The molecule has 0 saturated heterocycles. The molecular formula is C15H22N2O2. The first-order valence-electron chi connectivity index (χ1n) is 6.96. The van der Waals surface area contributed by atoms with E-state index in [2.05, 4.69) is 17.6 Å².